The highest BCUT2D eigenvalue weighted by molar-refractivity contribution is 5.76. The van der Waals surface area contributed by atoms with E-state index in [1.54, 1.807) is 0 Å². The van der Waals surface area contributed by atoms with E-state index in [2.05, 4.69) is 12.2 Å². The number of aromatic nitrogens is 3. The summed E-state index contributed by atoms with van der Waals surface area (Å²) < 4.78 is 1.90. The van der Waals surface area contributed by atoms with Crippen molar-refractivity contribution in [1.29, 1.82) is 0 Å². The van der Waals surface area contributed by atoms with Gasteiger partial charge in [0.2, 0.25) is 11.8 Å². The van der Waals surface area contributed by atoms with Crippen LogP contribution in [0.5, 0.6) is 0 Å². The van der Waals surface area contributed by atoms with E-state index in [4.69, 9.17) is 10.1 Å². The average Bonchev–Trinajstić information content (AvgIpc) is 3.34. The molecule has 3 rings (SSSR count). The van der Waals surface area contributed by atoms with Gasteiger partial charge in [-0.2, -0.15) is 5.10 Å². The van der Waals surface area contributed by atoms with Crippen molar-refractivity contribution in [2.75, 3.05) is 13.1 Å². The number of rotatable bonds is 7. The smallest absolute Gasteiger partial charge is 0.222 e. The number of fused-ring (bicyclic) bond motifs is 1. The fourth-order valence-corrected chi connectivity index (χ4v) is 4.05. The molecule has 0 spiro atoms. The zero-order chi connectivity index (χ0) is 21.1. The molecular weight excluding hydrogens is 366 g/mol. The summed E-state index contributed by atoms with van der Waals surface area (Å²) in [6.45, 7) is 11.6. The Bertz CT molecular complexity index is 904. The summed E-state index contributed by atoms with van der Waals surface area (Å²) in [5.74, 6) is 0.544. The molecule has 1 N–H and O–H groups in total. The maximum atomic E-state index is 12.2. The molecular formula is C22H33N5O2. The molecule has 0 aliphatic carbocycles. The molecule has 2 aromatic heterocycles. The molecule has 0 saturated carbocycles. The average molecular weight is 400 g/mol. The molecule has 0 bridgehead atoms. The quantitative estimate of drug-likeness (QED) is 0.776. The molecule has 7 heteroatoms. The van der Waals surface area contributed by atoms with E-state index < -0.39 is 0 Å². The Morgan fingerprint density at radius 3 is 2.76 bits per heavy atom. The van der Waals surface area contributed by atoms with Crippen molar-refractivity contribution in [2.24, 2.45) is 0 Å². The largest absolute Gasteiger partial charge is 0.354 e. The lowest BCUT2D eigenvalue weighted by atomic mass is 10.1. The van der Waals surface area contributed by atoms with Gasteiger partial charge < -0.3 is 10.2 Å². The number of amides is 2. The second-order valence-corrected chi connectivity index (χ2v) is 8.16. The number of likely N-dealkylation sites (tertiary alicyclic amines) is 1. The van der Waals surface area contributed by atoms with Gasteiger partial charge in [0.15, 0.2) is 5.65 Å². The van der Waals surface area contributed by atoms with Crippen molar-refractivity contribution < 1.29 is 9.59 Å². The van der Waals surface area contributed by atoms with E-state index in [1.165, 1.54) is 0 Å². The van der Waals surface area contributed by atoms with Crippen LogP contribution in [0.2, 0.25) is 0 Å². The normalized spacial score (nSPS) is 17.7. The van der Waals surface area contributed by atoms with Crippen LogP contribution in [0.1, 0.15) is 75.0 Å². The zero-order valence-electron chi connectivity index (χ0n) is 18.3. The van der Waals surface area contributed by atoms with E-state index in [1.807, 2.05) is 43.2 Å². The molecule has 0 radical (unpaired) electrons. The number of carbonyl (C=O) groups is 2. The van der Waals surface area contributed by atoms with Gasteiger partial charge >= 0.3 is 0 Å². The molecule has 7 nitrogen and oxygen atoms in total. The molecule has 1 fully saturated rings. The molecule has 2 aromatic rings. The van der Waals surface area contributed by atoms with E-state index in [-0.39, 0.29) is 23.8 Å². The summed E-state index contributed by atoms with van der Waals surface area (Å²) >= 11 is 0. The van der Waals surface area contributed by atoms with Gasteiger partial charge in [0.25, 0.3) is 0 Å². The Morgan fingerprint density at radius 2 is 2.07 bits per heavy atom. The first-order valence-corrected chi connectivity index (χ1v) is 10.8. The highest BCUT2D eigenvalue weighted by Crippen LogP contribution is 2.28. The predicted octanol–water partition coefficient (Wildman–Crippen LogP) is 2.92. The molecule has 3 heterocycles. The second kappa shape index (κ2) is 8.93. The van der Waals surface area contributed by atoms with Gasteiger partial charge in [-0.05, 0) is 45.6 Å². The van der Waals surface area contributed by atoms with Gasteiger partial charge in [0.1, 0.15) is 0 Å². The number of hydrogen-bond donors (Lipinski definition) is 1. The van der Waals surface area contributed by atoms with Crippen LogP contribution < -0.4 is 5.32 Å². The van der Waals surface area contributed by atoms with Gasteiger partial charge in [-0.25, -0.2) is 9.50 Å². The van der Waals surface area contributed by atoms with Crippen molar-refractivity contribution >= 4 is 17.5 Å². The molecule has 0 aromatic carbocycles. The standard InChI is InChI=1S/C22H33N5O2/c1-6-14(3)23-21(28)9-8-18-15(4)24-20-12-19(25-27(20)16(18)5)17-10-11-26(13-17)22(29)7-2/h12,14,17H,6-11,13H2,1-5H3,(H,23,28)/t14-,17+/m0/s1. The fourth-order valence-electron chi connectivity index (χ4n) is 4.05. The summed E-state index contributed by atoms with van der Waals surface area (Å²) in [7, 11) is 0. The van der Waals surface area contributed by atoms with Crippen LogP contribution in [0.15, 0.2) is 6.07 Å². The SMILES string of the molecule is CCC(=O)N1CC[C@@H](c2cc3nc(C)c(CCC(=O)N[C@@H](C)CC)c(C)n3n2)C1. The van der Waals surface area contributed by atoms with Crippen molar-refractivity contribution in [2.45, 2.75) is 78.7 Å². The second-order valence-electron chi connectivity index (χ2n) is 8.16. The number of nitrogens with one attached hydrogen (secondary N) is 1. The molecule has 1 aliphatic rings. The Kier molecular flexibility index (Phi) is 6.55. The van der Waals surface area contributed by atoms with Crippen LogP contribution in [0, 0.1) is 13.8 Å². The minimum Gasteiger partial charge on any atom is -0.354 e. The third kappa shape index (κ3) is 4.60. The number of nitrogens with zero attached hydrogens (tertiary/aromatic N) is 4. The first kappa shape index (κ1) is 21.3. The minimum atomic E-state index is 0.0750. The van der Waals surface area contributed by atoms with Crippen molar-refractivity contribution in [3.63, 3.8) is 0 Å². The lowest BCUT2D eigenvalue weighted by molar-refractivity contribution is -0.129. The Balaban J connectivity index is 1.77. The third-order valence-electron chi connectivity index (χ3n) is 6.07. The van der Waals surface area contributed by atoms with Gasteiger partial charge in [0.05, 0.1) is 5.69 Å². The minimum absolute atomic E-state index is 0.0750. The topological polar surface area (TPSA) is 79.6 Å². The Labute approximate surface area is 172 Å². The van der Waals surface area contributed by atoms with Crippen LogP contribution in [0.3, 0.4) is 0 Å². The van der Waals surface area contributed by atoms with E-state index >= 15 is 0 Å². The van der Waals surface area contributed by atoms with Crippen molar-refractivity contribution in [3.8, 4) is 0 Å². The maximum absolute atomic E-state index is 12.2. The van der Waals surface area contributed by atoms with E-state index in [0.717, 1.165) is 54.2 Å². The van der Waals surface area contributed by atoms with Crippen molar-refractivity contribution in [1.82, 2.24) is 24.8 Å². The molecule has 2 amide bonds. The summed E-state index contributed by atoms with van der Waals surface area (Å²) in [4.78, 5) is 30.8. The predicted molar refractivity (Wildman–Crippen MR) is 113 cm³/mol. The summed E-state index contributed by atoms with van der Waals surface area (Å²) in [5, 5.41) is 7.84. The number of carbonyl (C=O) groups excluding carboxylic acids is 2. The lowest BCUT2D eigenvalue weighted by Crippen LogP contribution is -2.32. The summed E-state index contributed by atoms with van der Waals surface area (Å²) in [5.41, 5.74) is 4.91. The molecule has 158 valence electrons. The van der Waals surface area contributed by atoms with Crippen LogP contribution in [0.4, 0.5) is 0 Å². The van der Waals surface area contributed by atoms with E-state index in [0.29, 0.717) is 19.3 Å². The fraction of sp³-hybridized carbons (Fsp3) is 0.636. The number of hydrogen-bond acceptors (Lipinski definition) is 4. The van der Waals surface area contributed by atoms with Gasteiger partial charge in [-0.15, -0.1) is 0 Å². The van der Waals surface area contributed by atoms with Gasteiger partial charge in [-0.3, -0.25) is 9.59 Å². The molecule has 0 unspecified atom stereocenters. The number of aryl methyl sites for hydroxylation is 2. The zero-order valence-corrected chi connectivity index (χ0v) is 18.3. The summed E-state index contributed by atoms with van der Waals surface area (Å²) in [6.07, 6.45) is 3.52. The van der Waals surface area contributed by atoms with Crippen LogP contribution >= 0.6 is 0 Å². The summed E-state index contributed by atoms with van der Waals surface area (Å²) in [6, 6.07) is 2.24. The van der Waals surface area contributed by atoms with Crippen LogP contribution in [-0.4, -0.2) is 50.4 Å². The third-order valence-corrected chi connectivity index (χ3v) is 6.07. The van der Waals surface area contributed by atoms with Gasteiger partial charge in [0, 0.05) is 55.3 Å². The Hall–Kier alpha value is -2.44. The van der Waals surface area contributed by atoms with Gasteiger partial charge in [-0.1, -0.05) is 13.8 Å². The molecule has 1 aliphatic heterocycles. The maximum Gasteiger partial charge on any atom is 0.222 e. The lowest BCUT2D eigenvalue weighted by Gasteiger charge is -2.14. The molecule has 2 atom stereocenters. The molecule has 29 heavy (non-hydrogen) atoms. The first-order valence-electron chi connectivity index (χ1n) is 10.8. The van der Waals surface area contributed by atoms with Crippen LogP contribution in [0.25, 0.3) is 5.65 Å². The van der Waals surface area contributed by atoms with Crippen LogP contribution in [-0.2, 0) is 16.0 Å². The highest BCUT2D eigenvalue weighted by Gasteiger charge is 2.28. The highest BCUT2D eigenvalue weighted by atomic mass is 16.2. The van der Waals surface area contributed by atoms with Crippen molar-refractivity contribution in [3.05, 3.63) is 28.7 Å². The Morgan fingerprint density at radius 1 is 1.31 bits per heavy atom. The van der Waals surface area contributed by atoms with E-state index in [9.17, 15) is 9.59 Å². The monoisotopic (exact) mass is 399 g/mol. The first-order chi connectivity index (χ1) is 13.8. The molecule has 1 saturated heterocycles.